The van der Waals surface area contributed by atoms with Crippen LogP contribution in [0.15, 0.2) is 41.5 Å². The van der Waals surface area contributed by atoms with Crippen molar-refractivity contribution in [2.45, 2.75) is 6.92 Å². The molecule has 0 spiro atoms. The molecule has 0 unspecified atom stereocenters. The molecule has 0 aliphatic rings. The first-order valence-electron chi connectivity index (χ1n) is 4.84. The van der Waals surface area contributed by atoms with Crippen LogP contribution in [0.4, 0.5) is 0 Å². The number of thiocarbonyl (C=S) groups is 1. The zero-order valence-electron chi connectivity index (χ0n) is 9.31. The maximum Gasteiger partial charge on any atom is 0.153 e. The molecule has 1 aromatic carbocycles. The minimum Gasteiger partial charge on any atom is -0.262 e. The molecular formula is C12H14N2S2. The molecule has 84 valence electrons. The van der Waals surface area contributed by atoms with Crippen molar-refractivity contribution in [3.8, 4) is 0 Å². The van der Waals surface area contributed by atoms with Crippen molar-refractivity contribution in [1.29, 1.82) is 0 Å². The fourth-order valence-electron chi connectivity index (χ4n) is 0.998. The molecule has 0 heterocycles. The molecule has 0 bridgehead atoms. The van der Waals surface area contributed by atoms with E-state index in [2.05, 4.69) is 10.5 Å². The maximum atomic E-state index is 4.97. The van der Waals surface area contributed by atoms with Crippen LogP contribution in [-0.2, 0) is 0 Å². The molecule has 16 heavy (non-hydrogen) atoms. The van der Waals surface area contributed by atoms with E-state index in [9.17, 15) is 0 Å². The van der Waals surface area contributed by atoms with E-state index in [0.29, 0.717) is 4.32 Å². The fraction of sp³-hybridized carbons (Fsp3) is 0.167. The Morgan fingerprint density at radius 2 is 2.06 bits per heavy atom. The second-order valence-corrected chi connectivity index (χ2v) is 4.58. The Hall–Kier alpha value is -1.13. The molecule has 0 aliphatic carbocycles. The van der Waals surface area contributed by atoms with E-state index in [0.717, 1.165) is 11.3 Å². The highest BCUT2D eigenvalue weighted by Crippen LogP contribution is 2.01. The van der Waals surface area contributed by atoms with E-state index in [1.807, 2.05) is 55.7 Å². The van der Waals surface area contributed by atoms with Gasteiger partial charge < -0.3 is 0 Å². The average Bonchev–Trinajstić information content (AvgIpc) is 2.34. The van der Waals surface area contributed by atoms with Crippen LogP contribution in [0.3, 0.4) is 0 Å². The number of thioether (sulfide) groups is 1. The van der Waals surface area contributed by atoms with Crippen molar-refractivity contribution >= 4 is 40.1 Å². The van der Waals surface area contributed by atoms with Gasteiger partial charge in [0, 0.05) is 0 Å². The SMILES string of the molecule is CSC(=S)NN=C(C)C=Cc1ccccc1. The smallest absolute Gasteiger partial charge is 0.153 e. The Balaban J connectivity index is 2.54. The highest BCUT2D eigenvalue weighted by Gasteiger charge is 1.89. The Morgan fingerprint density at radius 1 is 1.38 bits per heavy atom. The van der Waals surface area contributed by atoms with Crippen LogP contribution in [0.2, 0.25) is 0 Å². The standard InChI is InChI=1S/C12H14N2S2/c1-10(13-14-12(15)16-2)8-9-11-6-4-3-5-7-11/h3-9H,1-2H3,(H,14,15). The fourth-order valence-corrected chi connectivity index (χ4v) is 1.18. The molecule has 1 N–H and O–H groups in total. The average molecular weight is 250 g/mol. The van der Waals surface area contributed by atoms with Gasteiger partial charge in [-0.1, -0.05) is 60.4 Å². The molecule has 0 aromatic heterocycles. The minimum atomic E-state index is 0.674. The molecule has 1 rings (SSSR count). The van der Waals surface area contributed by atoms with Crippen LogP contribution >= 0.6 is 24.0 Å². The Bertz CT molecular complexity index is 397. The summed E-state index contributed by atoms with van der Waals surface area (Å²) in [6.07, 6.45) is 5.88. The molecular weight excluding hydrogens is 236 g/mol. The molecule has 0 radical (unpaired) electrons. The quantitative estimate of drug-likeness (QED) is 0.506. The Morgan fingerprint density at radius 3 is 2.69 bits per heavy atom. The summed E-state index contributed by atoms with van der Waals surface area (Å²) >= 11 is 6.44. The number of nitrogens with one attached hydrogen (secondary N) is 1. The molecule has 0 atom stereocenters. The monoisotopic (exact) mass is 250 g/mol. The number of hydrazone groups is 1. The number of nitrogens with zero attached hydrogens (tertiary/aromatic N) is 1. The lowest BCUT2D eigenvalue weighted by molar-refractivity contribution is 1.06. The number of hydrogen-bond acceptors (Lipinski definition) is 3. The minimum absolute atomic E-state index is 0.674. The van der Waals surface area contributed by atoms with Crippen LogP contribution in [0, 0.1) is 0 Å². The summed E-state index contributed by atoms with van der Waals surface area (Å²) in [5.41, 5.74) is 4.85. The summed E-state index contributed by atoms with van der Waals surface area (Å²) in [6, 6.07) is 10.1. The third kappa shape index (κ3) is 5.09. The van der Waals surface area contributed by atoms with Crippen LogP contribution < -0.4 is 5.43 Å². The van der Waals surface area contributed by atoms with Gasteiger partial charge in [-0.15, -0.1) is 0 Å². The van der Waals surface area contributed by atoms with Gasteiger partial charge in [0.25, 0.3) is 0 Å². The van der Waals surface area contributed by atoms with Crippen molar-refractivity contribution in [2.24, 2.45) is 5.10 Å². The highest BCUT2D eigenvalue weighted by atomic mass is 32.2. The van der Waals surface area contributed by atoms with Crippen LogP contribution in [0.1, 0.15) is 12.5 Å². The first-order valence-corrected chi connectivity index (χ1v) is 6.47. The number of allylic oxidation sites excluding steroid dienone is 1. The van der Waals surface area contributed by atoms with Gasteiger partial charge in [-0.05, 0) is 24.8 Å². The lowest BCUT2D eigenvalue weighted by atomic mass is 10.2. The molecule has 0 fully saturated rings. The molecule has 1 aromatic rings. The maximum absolute atomic E-state index is 4.97. The van der Waals surface area contributed by atoms with Gasteiger partial charge in [0.05, 0.1) is 5.71 Å². The molecule has 0 saturated carbocycles. The lowest BCUT2D eigenvalue weighted by Crippen LogP contribution is -2.11. The van der Waals surface area contributed by atoms with Crippen molar-refractivity contribution in [2.75, 3.05) is 6.26 Å². The van der Waals surface area contributed by atoms with Gasteiger partial charge in [0.2, 0.25) is 0 Å². The predicted molar refractivity (Wildman–Crippen MR) is 77.8 cm³/mol. The highest BCUT2D eigenvalue weighted by molar-refractivity contribution is 8.22. The largest absolute Gasteiger partial charge is 0.262 e. The van der Waals surface area contributed by atoms with Crippen LogP contribution in [0.25, 0.3) is 6.08 Å². The summed E-state index contributed by atoms with van der Waals surface area (Å²) in [4.78, 5) is 0. The summed E-state index contributed by atoms with van der Waals surface area (Å²) in [6.45, 7) is 1.93. The van der Waals surface area contributed by atoms with Gasteiger partial charge in [-0.25, -0.2) is 0 Å². The van der Waals surface area contributed by atoms with E-state index in [1.54, 1.807) is 0 Å². The van der Waals surface area contributed by atoms with Crippen molar-refractivity contribution in [1.82, 2.24) is 5.43 Å². The normalized spacial score (nSPS) is 11.8. The predicted octanol–water partition coefficient (Wildman–Crippen LogP) is 3.31. The van der Waals surface area contributed by atoms with E-state index in [-0.39, 0.29) is 0 Å². The molecule has 0 aliphatic heterocycles. The van der Waals surface area contributed by atoms with Crippen LogP contribution in [0.5, 0.6) is 0 Å². The second kappa shape index (κ2) is 7.19. The van der Waals surface area contributed by atoms with Gasteiger partial charge in [0.1, 0.15) is 0 Å². The van der Waals surface area contributed by atoms with E-state index in [4.69, 9.17) is 12.2 Å². The Labute approximate surface area is 106 Å². The zero-order valence-corrected chi connectivity index (χ0v) is 10.9. The summed E-state index contributed by atoms with van der Waals surface area (Å²) in [5.74, 6) is 0. The Kier molecular flexibility index (Phi) is 5.82. The zero-order chi connectivity index (χ0) is 11.8. The van der Waals surface area contributed by atoms with Gasteiger partial charge >= 0.3 is 0 Å². The molecule has 4 heteroatoms. The van der Waals surface area contributed by atoms with Gasteiger partial charge in [-0.3, -0.25) is 5.43 Å². The molecule has 0 amide bonds. The number of hydrogen-bond donors (Lipinski definition) is 1. The van der Waals surface area contributed by atoms with E-state index < -0.39 is 0 Å². The second-order valence-electron chi connectivity index (χ2n) is 3.10. The third-order valence-electron chi connectivity index (χ3n) is 1.83. The third-order valence-corrected chi connectivity index (χ3v) is 2.88. The van der Waals surface area contributed by atoms with Crippen LogP contribution in [-0.4, -0.2) is 16.3 Å². The van der Waals surface area contributed by atoms with Crippen molar-refractivity contribution in [3.05, 3.63) is 42.0 Å². The topological polar surface area (TPSA) is 24.4 Å². The lowest BCUT2D eigenvalue weighted by Gasteiger charge is -1.98. The number of rotatable bonds is 3. The summed E-state index contributed by atoms with van der Waals surface area (Å²) in [7, 11) is 0. The van der Waals surface area contributed by atoms with Gasteiger partial charge in [0.15, 0.2) is 4.32 Å². The van der Waals surface area contributed by atoms with Crippen molar-refractivity contribution < 1.29 is 0 Å². The van der Waals surface area contributed by atoms with Crippen molar-refractivity contribution in [3.63, 3.8) is 0 Å². The summed E-state index contributed by atoms with van der Waals surface area (Å²) in [5, 5.41) is 4.13. The van der Waals surface area contributed by atoms with E-state index >= 15 is 0 Å². The summed E-state index contributed by atoms with van der Waals surface area (Å²) < 4.78 is 0.674. The first-order chi connectivity index (χ1) is 7.72. The number of benzene rings is 1. The molecule has 0 saturated heterocycles. The van der Waals surface area contributed by atoms with E-state index in [1.165, 1.54) is 11.8 Å². The first kappa shape index (κ1) is 12.9. The van der Waals surface area contributed by atoms with Gasteiger partial charge in [-0.2, -0.15) is 5.10 Å². The molecule has 2 nitrogen and oxygen atoms in total.